The van der Waals surface area contributed by atoms with Crippen molar-refractivity contribution >= 4 is 34.8 Å². The zero-order valence-electron chi connectivity index (χ0n) is 19.9. The van der Waals surface area contributed by atoms with Gasteiger partial charge in [-0.1, -0.05) is 0 Å². The second kappa shape index (κ2) is 11.3. The molecule has 0 aliphatic carbocycles. The summed E-state index contributed by atoms with van der Waals surface area (Å²) in [6, 6.07) is 3.27. The van der Waals surface area contributed by atoms with E-state index in [0.717, 1.165) is 39.0 Å². The third-order valence-corrected chi connectivity index (χ3v) is 6.85. The van der Waals surface area contributed by atoms with Crippen LogP contribution in [0.3, 0.4) is 0 Å². The lowest BCUT2D eigenvalue weighted by Gasteiger charge is -2.42. The van der Waals surface area contributed by atoms with Crippen LogP contribution in [0, 0.1) is 11.6 Å². The van der Waals surface area contributed by atoms with E-state index in [-0.39, 0.29) is 28.9 Å². The van der Waals surface area contributed by atoms with Crippen LogP contribution in [0.1, 0.15) is 23.3 Å². The van der Waals surface area contributed by atoms with Crippen LogP contribution in [-0.4, -0.2) is 91.2 Å². The number of aromatic nitrogens is 2. The molecule has 0 atom stereocenters. The molecule has 0 amide bonds. The zero-order chi connectivity index (χ0) is 24.9. The number of alkyl halides is 1. The van der Waals surface area contributed by atoms with Gasteiger partial charge in [0.05, 0.1) is 18.5 Å². The van der Waals surface area contributed by atoms with E-state index in [4.69, 9.17) is 16.3 Å². The van der Waals surface area contributed by atoms with Crippen LogP contribution >= 0.6 is 11.6 Å². The molecule has 1 N–H and O–H groups in total. The van der Waals surface area contributed by atoms with Gasteiger partial charge in [0, 0.05) is 57.7 Å². The van der Waals surface area contributed by atoms with Gasteiger partial charge in [0.1, 0.15) is 6.00 Å². The molecule has 2 fully saturated rings. The molecule has 0 spiro atoms. The summed E-state index contributed by atoms with van der Waals surface area (Å²) in [6.07, 6.45) is 4.50. The van der Waals surface area contributed by atoms with Crippen molar-refractivity contribution in [1.82, 2.24) is 19.8 Å². The molecule has 0 unspecified atom stereocenters. The van der Waals surface area contributed by atoms with Gasteiger partial charge in [0.25, 0.3) is 0 Å². The fourth-order valence-corrected chi connectivity index (χ4v) is 4.76. The maximum absolute atomic E-state index is 15.1. The monoisotopic (exact) mass is 509 g/mol. The first-order valence-electron chi connectivity index (χ1n) is 11.6. The Balaban J connectivity index is 1.45. The lowest BCUT2D eigenvalue weighted by molar-refractivity contribution is 0.0594. The van der Waals surface area contributed by atoms with E-state index in [1.165, 1.54) is 30.6 Å². The molecule has 0 radical (unpaired) electrons. The van der Waals surface area contributed by atoms with Gasteiger partial charge in [0.2, 0.25) is 0 Å². The predicted octanol–water partition coefficient (Wildman–Crippen LogP) is 2.79. The van der Waals surface area contributed by atoms with Crippen molar-refractivity contribution in [2.45, 2.75) is 18.9 Å². The Bertz CT molecular complexity index is 1030. The summed E-state index contributed by atoms with van der Waals surface area (Å²) >= 11 is 6.02. The number of piperidine rings is 1. The number of ether oxygens (including phenoxy) is 1. The summed E-state index contributed by atoms with van der Waals surface area (Å²) in [6.45, 7) is 5.54. The Morgan fingerprint density at radius 1 is 1.11 bits per heavy atom. The number of benzene rings is 1. The van der Waals surface area contributed by atoms with Crippen LogP contribution in [0.15, 0.2) is 24.5 Å². The minimum Gasteiger partial charge on any atom is -0.464 e. The average molecular weight is 510 g/mol. The largest absolute Gasteiger partial charge is 0.464 e. The minimum atomic E-state index is -1.04. The van der Waals surface area contributed by atoms with E-state index in [9.17, 15) is 4.79 Å². The van der Waals surface area contributed by atoms with E-state index >= 15 is 8.78 Å². The Labute approximate surface area is 208 Å². The van der Waals surface area contributed by atoms with Crippen LogP contribution in [0.25, 0.3) is 0 Å². The van der Waals surface area contributed by atoms with Gasteiger partial charge in [-0.2, -0.15) is 0 Å². The number of hydrogen-bond donors (Lipinski definition) is 1. The first kappa shape index (κ1) is 25.3. The van der Waals surface area contributed by atoms with Crippen LogP contribution in [-0.2, 0) is 4.74 Å². The van der Waals surface area contributed by atoms with Crippen molar-refractivity contribution in [2.24, 2.45) is 0 Å². The number of rotatable bonds is 7. The normalized spacial score (nSPS) is 17.9. The topological polar surface area (TPSA) is 77.1 Å². The Kier molecular flexibility index (Phi) is 8.19. The van der Waals surface area contributed by atoms with Crippen molar-refractivity contribution in [3.05, 3.63) is 41.9 Å². The van der Waals surface area contributed by atoms with E-state index in [2.05, 4.69) is 32.2 Å². The third-order valence-electron chi connectivity index (χ3n) is 6.61. The van der Waals surface area contributed by atoms with E-state index in [1.807, 2.05) is 4.90 Å². The van der Waals surface area contributed by atoms with E-state index in [1.54, 1.807) is 6.07 Å². The molecule has 4 rings (SSSR count). The summed E-state index contributed by atoms with van der Waals surface area (Å²) in [4.78, 5) is 26.8. The molecule has 3 heterocycles. The number of carbonyl (C=O) groups excluding carboxylic acids is 1. The molecule has 0 bridgehead atoms. The molecule has 0 saturated carbocycles. The minimum absolute atomic E-state index is 0.0317. The summed E-state index contributed by atoms with van der Waals surface area (Å²) in [5, 5.41) is 1.19. The maximum atomic E-state index is 15.1. The van der Waals surface area contributed by atoms with Gasteiger partial charge in [-0.25, -0.2) is 23.5 Å². The van der Waals surface area contributed by atoms with Crippen LogP contribution in [0.5, 0.6) is 0 Å². The van der Waals surface area contributed by atoms with Crippen LogP contribution < -0.4 is 15.3 Å². The summed E-state index contributed by atoms with van der Waals surface area (Å²) < 4.78 is 34.9. The molecule has 1 aromatic heterocycles. The van der Waals surface area contributed by atoms with Gasteiger partial charge in [-0.15, -0.1) is 11.6 Å². The molecule has 2 aromatic rings. The quantitative estimate of drug-likeness (QED) is 0.262. The average Bonchev–Trinajstić information content (AvgIpc) is 2.90. The van der Waals surface area contributed by atoms with Gasteiger partial charge < -0.3 is 14.5 Å². The molecular formula is C23H30ClF2N7O2. The third kappa shape index (κ3) is 5.57. The van der Waals surface area contributed by atoms with Crippen molar-refractivity contribution in [3.63, 3.8) is 0 Å². The number of hydrazine groups is 1. The fourth-order valence-electron chi connectivity index (χ4n) is 4.58. The molecule has 1 aromatic carbocycles. The molecule has 2 aliphatic heterocycles. The van der Waals surface area contributed by atoms with Gasteiger partial charge >= 0.3 is 5.97 Å². The van der Waals surface area contributed by atoms with Crippen molar-refractivity contribution in [3.8, 4) is 0 Å². The SMILES string of the molecule is COC(=O)c1nccnc1N(CCl)Nc1ccc(N2CCC(N3CCN(C)CC3)CC2)c(F)c1F. The van der Waals surface area contributed by atoms with E-state index in [0.29, 0.717) is 19.1 Å². The first-order valence-corrected chi connectivity index (χ1v) is 12.1. The number of piperazine rings is 1. The van der Waals surface area contributed by atoms with Crippen LogP contribution in [0.4, 0.5) is 26.0 Å². The molecular weight excluding hydrogens is 480 g/mol. The highest BCUT2D eigenvalue weighted by atomic mass is 35.5. The highest BCUT2D eigenvalue weighted by Crippen LogP contribution is 2.31. The number of halogens is 3. The predicted molar refractivity (Wildman–Crippen MR) is 131 cm³/mol. The van der Waals surface area contributed by atoms with Crippen LogP contribution in [0.2, 0.25) is 0 Å². The number of nitrogens with one attached hydrogen (secondary N) is 1. The smallest absolute Gasteiger partial charge is 0.360 e. The zero-order valence-corrected chi connectivity index (χ0v) is 20.6. The van der Waals surface area contributed by atoms with Crippen molar-refractivity contribution in [1.29, 1.82) is 0 Å². The maximum Gasteiger partial charge on any atom is 0.360 e. The standard InChI is InChI=1S/C23H30ClF2N7O2/c1-30-11-13-31(14-12-30)16-5-9-32(10-6-16)18-4-3-17(19(25)20(18)26)29-33(15-24)22-21(23(34)35-2)27-7-8-28-22/h3-4,7-8,16,29H,5-6,9-15H2,1-2H3. The summed E-state index contributed by atoms with van der Waals surface area (Å²) in [5.74, 6) is -2.67. The molecule has 35 heavy (non-hydrogen) atoms. The number of likely N-dealkylation sites (N-methyl/N-ethyl adjacent to an activating group) is 1. The fraction of sp³-hybridized carbons (Fsp3) is 0.522. The number of methoxy groups -OCH3 is 1. The number of nitrogens with zero attached hydrogens (tertiary/aromatic N) is 6. The Hall–Kier alpha value is -2.76. The number of anilines is 3. The van der Waals surface area contributed by atoms with Gasteiger partial charge in [-0.3, -0.25) is 15.3 Å². The second-order valence-electron chi connectivity index (χ2n) is 8.70. The second-order valence-corrected chi connectivity index (χ2v) is 8.94. The molecule has 2 saturated heterocycles. The number of esters is 1. The Morgan fingerprint density at radius 2 is 1.80 bits per heavy atom. The summed E-state index contributed by atoms with van der Waals surface area (Å²) in [5.41, 5.74) is 2.69. The van der Waals surface area contributed by atoms with E-state index < -0.39 is 17.6 Å². The first-order chi connectivity index (χ1) is 16.9. The molecule has 9 nitrogen and oxygen atoms in total. The van der Waals surface area contributed by atoms with Crippen molar-refractivity contribution in [2.75, 3.05) is 74.8 Å². The number of carbonyl (C=O) groups is 1. The lowest BCUT2D eigenvalue weighted by atomic mass is 10.0. The summed E-state index contributed by atoms with van der Waals surface area (Å²) in [7, 11) is 3.34. The molecule has 190 valence electrons. The number of hydrogen-bond acceptors (Lipinski definition) is 9. The highest BCUT2D eigenvalue weighted by Gasteiger charge is 2.29. The lowest BCUT2D eigenvalue weighted by Crippen LogP contribution is -2.52. The van der Waals surface area contributed by atoms with Gasteiger partial charge in [-0.05, 0) is 32.0 Å². The molecule has 12 heteroatoms. The molecule has 2 aliphatic rings. The van der Waals surface area contributed by atoms with Gasteiger partial charge in [0.15, 0.2) is 23.1 Å². The Morgan fingerprint density at radius 3 is 2.46 bits per heavy atom. The van der Waals surface area contributed by atoms with Crippen molar-refractivity contribution < 1.29 is 18.3 Å². The highest BCUT2D eigenvalue weighted by molar-refractivity contribution is 6.19.